The van der Waals surface area contributed by atoms with Crippen molar-refractivity contribution in [3.63, 3.8) is 0 Å². The van der Waals surface area contributed by atoms with Crippen molar-refractivity contribution in [3.8, 4) is 5.75 Å². The quantitative estimate of drug-likeness (QED) is 0.817. The Hall–Kier alpha value is -1.26. The summed E-state index contributed by atoms with van der Waals surface area (Å²) in [6.45, 7) is 4.71. The first kappa shape index (κ1) is 19.1. The highest BCUT2D eigenvalue weighted by molar-refractivity contribution is 5.92. The summed E-state index contributed by atoms with van der Waals surface area (Å²) < 4.78 is 5.90. The van der Waals surface area contributed by atoms with Gasteiger partial charge in [0.1, 0.15) is 5.75 Å². The Morgan fingerprint density at radius 1 is 1.21 bits per heavy atom. The van der Waals surface area contributed by atoms with Gasteiger partial charge in [-0.05, 0) is 62.0 Å². The maximum absolute atomic E-state index is 12.2. The van der Waals surface area contributed by atoms with Crippen LogP contribution in [0.15, 0.2) is 24.3 Å². The molecule has 1 aliphatic carbocycles. The minimum Gasteiger partial charge on any atom is -0.493 e. The average molecular weight is 353 g/mol. The summed E-state index contributed by atoms with van der Waals surface area (Å²) in [5.74, 6) is 2.23. The summed E-state index contributed by atoms with van der Waals surface area (Å²) >= 11 is 0. The number of hydrogen-bond acceptors (Lipinski definition) is 3. The molecule has 5 heteroatoms. The molecule has 0 spiro atoms. The number of hydrogen-bond donors (Lipinski definition) is 2. The fourth-order valence-corrected chi connectivity index (χ4v) is 3.34. The van der Waals surface area contributed by atoms with Crippen LogP contribution in [-0.4, -0.2) is 25.6 Å². The van der Waals surface area contributed by atoms with Crippen LogP contribution < -0.4 is 15.4 Å². The first-order valence-electron chi connectivity index (χ1n) is 8.97. The molecule has 0 bridgehead atoms. The number of carbonyl (C=O) groups excluding carboxylic acids is 1. The summed E-state index contributed by atoms with van der Waals surface area (Å²) in [4.78, 5) is 12.2. The van der Waals surface area contributed by atoms with Crippen molar-refractivity contribution in [2.45, 2.75) is 39.0 Å². The van der Waals surface area contributed by atoms with Gasteiger partial charge in [0.05, 0.1) is 6.61 Å². The largest absolute Gasteiger partial charge is 0.493 e. The minimum atomic E-state index is 0. The molecule has 134 valence electrons. The Morgan fingerprint density at radius 3 is 2.46 bits per heavy atom. The molecular weight excluding hydrogens is 324 g/mol. The number of halogens is 1. The van der Waals surface area contributed by atoms with E-state index in [9.17, 15) is 4.79 Å². The molecule has 0 radical (unpaired) electrons. The first-order chi connectivity index (χ1) is 11.2. The fraction of sp³-hybridized carbons (Fsp3) is 0.632. The molecule has 0 aromatic heterocycles. The normalized spacial score (nSPS) is 19.7. The van der Waals surface area contributed by atoms with E-state index >= 15 is 0 Å². The predicted molar refractivity (Wildman–Crippen MR) is 99.9 cm³/mol. The molecule has 4 nitrogen and oxygen atoms in total. The lowest BCUT2D eigenvalue weighted by Crippen LogP contribution is -2.48. The van der Waals surface area contributed by atoms with E-state index in [4.69, 9.17) is 4.74 Å². The van der Waals surface area contributed by atoms with E-state index in [1.807, 2.05) is 31.2 Å². The molecule has 1 saturated carbocycles. The van der Waals surface area contributed by atoms with Crippen LogP contribution in [0.5, 0.6) is 5.75 Å². The van der Waals surface area contributed by atoms with Crippen molar-refractivity contribution >= 4 is 24.0 Å². The van der Waals surface area contributed by atoms with Crippen LogP contribution in [0.2, 0.25) is 0 Å². The molecule has 1 aromatic rings. The van der Waals surface area contributed by atoms with Crippen molar-refractivity contribution in [2.75, 3.05) is 25.0 Å². The Labute approximate surface area is 151 Å². The molecule has 1 atom stereocenters. The maximum Gasteiger partial charge on any atom is 0.227 e. The number of benzene rings is 1. The highest BCUT2D eigenvalue weighted by Crippen LogP contribution is 2.25. The predicted octanol–water partition coefficient (Wildman–Crippen LogP) is 3.86. The second-order valence-corrected chi connectivity index (χ2v) is 7.04. The van der Waals surface area contributed by atoms with Gasteiger partial charge >= 0.3 is 0 Å². The number of anilines is 1. The lowest BCUT2D eigenvalue weighted by atomic mass is 9.88. The summed E-state index contributed by atoms with van der Waals surface area (Å²) in [7, 11) is 0. The Balaban J connectivity index is 0.00000208. The van der Waals surface area contributed by atoms with Gasteiger partial charge < -0.3 is 15.4 Å². The molecule has 24 heavy (non-hydrogen) atoms. The standard InChI is InChI=1S/C19H28N2O2.ClH/c1-14(16-11-20-12-16)19(22)21-17-7-9-18(10-8-17)23-13-15-5-3-2-4-6-15;/h7-10,14-16,20H,2-6,11-13H2,1H3,(H,21,22);1H. The van der Waals surface area contributed by atoms with Gasteiger partial charge in [0, 0.05) is 11.6 Å². The maximum atomic E-state index is 12.2. The number of nitrogens with one attached hydrogen (secondary N) is 2. The van der Waals surface area contributed by atoms with E-state index in [1.54, 1.807) is 0 Å². The second-order valence-electron chi connectivity index (χ2n) is 7.04. The summed E-state index contributed by atoms with van der Waals surface area (Å²) in [5, 5.41) is 6.21. The third-order valence-electron chi connectivity index (χ3n) is 5.27. The Morgan fingerprint density at radius 2 is 1.88 bits per heavy atom. The number of carbonyl (C=O) groups is 1. The van der Waals surface area contributed by atoms with E-state index in [-0.39, 0.29) is 24.2 Å². The highest BCUT2D eigenvalue weighted by atomic mass is 35.5. The number of rotatable bonds is 6. The van der Waals surface area contributed by atoms with Crippen LogP contribution in [-0.2, 0) is 4.79 Å². The van der Waals surface area contributed by atoms with E-state index in [0.29, 0.717) is 11.8 Å². The van der Waals surface area contributed by atoms with Crippen molar-refractivity contribution in [3.05, 3.63) is 24.3 Å². The molecule has 1 amide bonds. The zero-order valence-electron chi connectivity index (χ0n) is 14.4. The van der Waals surface area contributed by atoms with Crippen LogP contribution in [0.4, 0.5) is 5.69 Å². The summed E-state index contributed by atoms with van der Waals surface area (Å²) in [6.07, 6.45) is 6.64. The lowest BCUT2D eigenvalue weighted by molar-refractivity contribution is -0.121. The van der Waals surface area contributed by atoms with Gasteiger partial charge in [-0.3, -0.25) is 4.79 Å². The van der Waals surface area contributed by atoms with Crippen molar-refractivity contribution in [1.82, 2.24) is 5.32 Å². The third-order valence-corrected chi connectivity index (χ3v) is 5.27. The van der Waals surface area contributed by atoms with Crippen molar-refractivity contribution in [1.29, 1.82) is 0 Å². The van der Waals surface area contributed by atoms with Gasteiger partial charge in [0.25, 0.3) is 0 Å². The van der Waals surface area contributed by atoms with Gasteiger partial charge in [0.15, 0.2) is 0 Å². The molecule has 2 fully saturated rings. The van der Waals surface area contributed by atoms with Gasteiger partial charge in [0.2, 0.25) is 5.91 Å². The van der Waals surface area contributed by atoms with E-state index in [2.05, 4.69) is 10.6 Å². The molecule has 2 aliphatic rings. The van der Waals surface area contributed by atoms with Gasteiger partial charge in [-0.25, -0.2) is 0 Å². The minimum absolute atomic E-state index is 0. The first-order valence-corrected chi connectivity index (χ1v) is 8.97. The van der Waals surface area contributed by atoms with Crippen LogP contribution in [0.25, 0.3) is 0 Å². The molecule has 1 unspecified atom stereocenters. The van der Waals surface area contributed by atoms with E-state index in [1.165, 1.54) is 32.1 Å². The Bertz CT molecular complexity index is 511. The molecule has 2 N–H and O–H groups in total. The van der Waals surface area contributed by atoms with Gasteiger partial charge in [-0.1, -0.05) is 26.2 Å². The van der Waals surface area contributed by atoms with Gasteiger partial charge in [-0.2, -0.15) is 0 Å². The zero-order chi connectivity index (χ0) is 16.1. The highest BCUT2D eigenvalue weighted by Gasteiger charge is 2.28. The molecular formula is C19H29ClN2O2. The molecule has 1 heterocycles. The lowest BCUT2D eigenvalue weighted by Gasteiger charge is -2.31. The average Bonchev–Trinajstić information content (AvgIpc) is 2.53. The number of ether oxygens (including phenoxy) is 1. The smallest absolute Gasteiger partial charge is 0.227 e. The molecule has 1 aliphatic heterocycles. The van der Waals surface area contributed by atoms with E-state index in [0.717, 1.165) is 31.1 Å². The third kappa shape index (κ3) is 5.12. The SMILES string of the molecule is CC(C(=O)Nc1ccc(OCC2CCCCC2)cc1)C1CNC1.Cl. The molecule has 3 rings (SSSR count). The Kier molecular flexibility index (Phi) is 7.38. The van der Waals surface area contributed by atoms with Crippen LogP contribution in [0.3, 0.4) is 0 Å². The van der Waals surface area contributed by atoms with Crippen LogP contribution in [0.1, 0.15) is 39.0 Å². The number of amides is 1. The monoisotopic (exact) mass is 352 g/mol. The van der Waals surface area contributed by atoms with Crippen LogP contribution in [0, 0.1) is 17.8 Å². The summed E-state index contributed by atoms with van der Waals surface area (Å²) in [5.41, 5.74) is 0.846. The summed E-state index contributed by atoms with van der Waals surface area (Å²) in [6, 6.07) is 7.77. The van der Waals surface area contributed by atoms with Crippen molar-refractivity contribution < 1.29 is 9.53 Å². The fourth-order valence-electron chi connectivity index (χ4n) is 3.34. The second kappa shape index (κ2) is 9.28. The van der Waals surface area contributed by atoms with E-state index < -0.39 is 0 Å². The molecule has 1 saturated heterocycles. The van der Waals surface area contributed by atoms with Crippen molar-refractivity contribution in [2.24, 2.45) is 17.8 Å². The van der Waals surface area contributed by atoms with Gasteiger partial charge in [-0.15, -0.1) is 12.4 Å². The zero-order valence-corrected chi connectivity index (χ0v) is 15.2. The van der Waals surface area contributed by atoms with Crippen LogP contribution >= 0.6 is 12.4 Å². The molecule has 1 aromatic carbocycles. The topological polar surface area (TPSA) is 50.4 Å².